The van der Waals surface area contributed by atoms with Crippen molar-refractivity contribution in [2.24, 2.45) is 0 Å². The molecule has 0 aromatic carbocycles. The van der Waals surface area contributed by atoms with Crippen LogP contribution < -0.4 is 10.6 Å². The van der Waals surface area contributed by atoms with Gasteiger partial charge in [-0.3, -0.25) is 4.98 Å². The van der Waals surface area contributed by atoms with Crippen LogP contribution in [0.4, 0.5) is 5.82 Å². The van der Waals surface area contributed by atoms with Crippen molar-refractivity contribution in [3.05, 3.63) is 45.8 Å². The molecule has 0 aliphatic carbocycles. The first-order valence-corrected chi connectivity index (χ1v) is 7.33. The molecule has 2 rings (SSSR count). The lowest BCUT2D eigenvalue weighted by atomic mass is 10.2. The fraction of sp³-hybridized carbons (Fsp3) is 0.154. The molecule has 0 saturated carbocycles. The average Bonchev–Trinajstić information content (AvgIpc) is 2.52. The van der Waals surface area contributed by atoms with E-state index in [0.717, 1.165) is 0 Å². The van der Waals surface area contributed by atoms with Gasteiger partial charge in [-0.25, -0.2) is 0 Å². The minimum absolute atomic E-state index is 0.307. The summed E-state index contributed by atoms with van der Waals surface area (Å²) in [5.74, 6) is 0.307. The standard InChI is InChI=1S/C13H10Cl2N6S/c14-9-2-4-17-10(11(9)15)3-5-18-13(22)20-12-8(7-16)1-6-19-21-12/h1-2,4,6H,3,5H2,(H2,18,20,21,22). The SMILES string of the molecule is N#Cc1ccnnc1NC(=S)NCCc1nccc(Cl)c1Cl. The number of nitriles is 1. The Labute approximate surface area is 142 Å². The van der Waals surface area contributed by atoms with E-state index in [-0.39, 0.29) is 0 Å². The van der Waals surface area contributed by atoms with E-state index in [2.05, 4.69) is 25.8 Å². The number of rotatable bonds is 4. The molecule has 0 spiro atoms. The Kier molecular flexibility index (Phi) is 5.83. The van der Waals surface area contributed by atoms with E-state index < -0.39 is 0 Å². The summed E-state index contributed by atoms with van der Waals surface area (Å²) in [6.45, 7) is 0.501. The van der Waals surface area contributed by atoms with Crippen LogP contribution in [0, 0.1) is 11.3 Å². The minimum Gasteiger partial charge on any atom is -0.362 e. The van der Waals surface area contributed by atoms with Crippen molar-refractivity contribution >= 4 is 46.4 Å². The molecule has 9 heteroatoms. The third-order valence-electron chi connectivity index (χ3n) is 2.63. The van der Waals surface area contributed by atoms with Crippen LogP contribution in [0.1, 0.15) is 11.3 Å². The Hall–Kier alpha value is -2.01. The van der Waals surface area contributed by atoms with Gasteiger partial charge in [0.2, 0.25) is 0 Å². The number of hydrogen-bond acceptors (Lipinski definition) is 5. The van der Waals surface area contributed by atoms with Gasteiger partial charge in [-0.1, -0.05) is 23.2 Å². The number of halogens is 2. The number of nitrogens with zero attached hydrogens (tertiary/aromatic N) is 4. The lowest BCUT2D eigenvalue weighted by molar-refractivity contribution is 0.846. The Balaban J connectivity index is 1.88. The second-order valence-electron chi connectivity index (χ2n) is 4.09. The molecule has 2 N–H and O–H groups in total. The van der Waals surface area contributed by atoms with Crippen molar-refractivity contribution in [1.82, 2.24) is 20.5 Å². The molecule has 0 saturated heterocycles. The molecule has 2 aromatic rings. The van der Waals surface area contributed by atoms with Gasteiger partial charge in [0, 0.05) is 19.2 Å². The number of anilines is 1. The van der Waals surface area contributed by atoms with Crippen LogP contribution in [0.25, 0.3) is 0 Å². The first-order valence-electron chi connectivity index (χ1n) is 6.17. The summed E-state index contributed by atoms with van der Waals surface area (Å²) in [5, 5.41) is 23.5. The van der Waals surface area contributed by atoms with E-state index >= 15 is 0 Å². The molecule has 0 unspecified atom stereocenters. The zero-order valence-corrected chi connectivity index (χ0v) is 13.5. The summed E-state index contributed by atoms with van der Waals surface area (Å²) in [7, 11) is 0. The summed E-state index contributed by atoms with van der Waals surface area (Å²) in [6, 6.07) is 5.18. The van der Waals surface area contributed by atoms with Crippen LogP contribution >= 0.6 is 35.4 Å². The average molecular weight is 353 g/mol. The largest absolute Gasteiger partial charge is 0.362 e. The van der Waals surface area contributed by atoms with Gasteiger partial charge >= 0.3 is 0 Å². The fourth-order valence-electron chi connectivity index (χ4n) is 1.60. The number of hydrogen-bond donors (Lipinski definition) is 2. The maximum absolute atomic E-state index is 8.96. The van der Waals surface area contributed by atoms with Crippen LogP contribution in [0.3, 0.4) is 0 Å². The number of nitrogens with one attached hydrogen (secondary N) is 2. The minimum atomic E-state index is 0.307. The van der Waals surface area contributed by atoms with Gasteiger partial charge in [-0.05, 0) is 24.4 Å². The summed E-state index contributed by atoms with van der Waals surface area (Å²) in [5.41, 5.74) is 1.04. The summed E-state index contributed by atoms with van der Waals surface area (Å²) < 4.78 is 0. The van der Waals surface area contributed by atoms with Gasteiger partial charge in [-0.15, -0.1) is 5.10 Å². The predicted octanol–water partition coefficient (Wildman–Crippen LogP) is 2.58. The molecule has 0 atom stereocenters. The molecule has 6 nitrogen and oxygen atoms in total. The lowest BCUT2D eigenvalue weighted by Gasteiger charge is -2.10. The third kappa shape index (κ3) is 4.24. The maximum Gasteiger partial charge on any atom is 0.172 e. The van der Waals surface area contributed by atoms with Crippen LogP contribution in [-0.4, -0.2) is 26.8 Å². The van der Waals surface area contributed by atoms with Gasteiger partial charge in [0.25, 0.3) is 0 Å². The smallest absolute Gasteiger partial charge is 0.172 e. The second kappa shape index (κ2) is 7.84. The number of aromatic nitrogens is 3. The van der Waals surface area contributed by atoms with Crippen LogP contribution in [0.15, 0.2) is 24.5 Å². The van der Waals surface area contributed by atoms with Gasteiger partial charge in [-0.2, -0.15) is 10.4 Å². The van der Waals surface area contributed by atoms with E-state index in [4.69, 9.17) is 40.7 Å². The Morgan fingerprint density at radius 1 is 1.32 bits per heavy atom. The van der Waals surface area contributed by atoms with E-state index in [1.54, 1.807) is 18.3 Å². The number of pyridine rings is 1. The van der Waals surface area contributed by atoms with Crippen molar-refractivity contribution in [3.63, 3.8) is 0 Å². The predicted molar refractivity (Wildman–Crippen MR) is 88.9 cm³/mol. The molecule has 0 fully saturated rings. The Morgan fingerprint density at radius 3 is 2.91 bits per heavy atom. The Morgan fingerprint density at radius 2 is 2.14 bits per heavy atom. The topological polar surface area (TPSA) is 86.5 Å². The molecular weight excluding hydrogens is 343 g/mol. The molecule has 112 valence electrons. The summed E-state index contributed by atoms with van der Waals surface area (Å²) in [4.78, 5) is 4.16. The van der Waals surface area contributed by atoms with E-state index in [1.807, 2.05) is 6.07 Å². The van der Waals surface area contributed by atoms with E-state index in [0.29, 0.717) is 45.2 Å². The highest BCUT2D eigenvalue weighted by atomic mass is 35.5. The van der Waals surface area contributed by atoms with Crippen molar-refractivity contribution in [3.8, 4) is 6.07 Å². The highest BCUT2D eigenvalue weighted by Crippen LogP contribution is 2.23. The maximum atomic E-state index is 8.96. The fourth-order valence-corrected chi connectivity index (χ4v) is 2.17. The molecule has 0 aliphatic rings. The molecule has 0 amide bonds. The normalized spacial score (nSPS) is 9.86. The monoisotopic (exact) mass is 352 g/mol. The molecular formula is C13H10Cl2N6S. The molecule has 22 heavy (non-hydrogen) atoms. The van der Waals surface area contributed by atoms with Crippen molar-refractivity contribution in [1.29, 1.82) is 5.26 Å². The zero-order valence-electron chi connectivity index (χ0n) is 11.2. The van der Waals surface area contributed by atoms with E-state index in [1.165, 1.54) is 6.20 Å². The van der Waals surface area contributed by atoms with Gasteiger partial charge in [0.05, 0.1) is 27.5 Å². The van der Waals surface area contributed by atoms with Crippen LogP contribution in [-0.2, 0) is 6.42 Å². The third-order valence-corrected chi connectivity index (χ3v) is 3.71. The highest BCUT2D eigenvalue weighted by molar-refractivity contribution is 7.80. The first-order chi connectivity index (χ1) is 10.6. The van der Waals surface area contributed by atoms with Crippen LogP contribution in [0.5, 0.6) is 0 Å². The number of thiocarbonyl (C=S) groups is 1. The summed E-state index contributed by atoms with van der Waals surface area (Å²) in [6.07, 6.45) is 3.58. The van der Waals surface area contributed by atoms with Crippen molar-refractivity contribution in [2.75, 3.05) is 11.9 Å². The second-order valence-corrected chi connectivity index (χ2v) is 5.28. The van der Waals surface area contributed by atoms with Gasteiger partial charge in [0.15, 0.2) is 10.9 Å². The Bertz CT molecular complexity index is 731. The zero-order chi connectivity index (χ0) is 15.9. The summed E-state index contributed by atoms with van der Waals surface area (Å²) >= 11 is 17.1. The molecule has 2 aromatic heterocycles. The molecule has 0 radical (unpaired) electrons. The highest BCUT2D eigenvalue weighted by Gasteiger charge is 2.07. The molecule has 2 heterocycles. The van der Waals surface area contributed by atoms with Gasteiger partial charge < -0.3 is 10.6 Å². The van der Waals surface area contributed by atoms with Crippen molar-refractivity contribution < 1.29 is 0 Å². The quantitative estimate of drug-likeness (QED) is 0.817. The van der Waals surface area contributed by atoms with Crippen LogP contribution in [0.2, 0.25) is 10.0 Å². The molecule has 0 bridgehead atoms. The van der Waals surface area contributed by atoms with Gasteiger partial charge in [0.1, 0.15) is 6.07 Å². The lowest BCUT2D eigenvalue weighted by Crippen LogP contribution is -2.31. The first kappa shape index (κ1) is 16.4. The van der Waals surface area contributed by atoms with Crippen molar-refractivity contribution in [2.45, 2.75) is 6.42 Å². The van der Waals surface area contributed by atoms with E-state index in [9.17, 15) is 0 Å². The molecule has 0 aliphatic heterocycles.